The van der Waals surface area contributed by atoms with Crippen LogP contribution < -0.4 is 10.1 Å². The highest BCUT2D eigenvalue weighted by Gasteiger charge is 2.27. The standard InChI is InChI=1S/C25H33ClN2O2/c1-18(2)16-24(20-6-10-23(30-3)11-7-20)27-25(29)21-12-14-28(15-13-21)17-19-4-8-22(26)9-5-19/h4-11,18,21,24H,12-17H2,1-3H3,(H,27,29)/t24-/m0/s1. The lowest BCUT2D eigenvalue weighted by Gasteiger charge is -2.32. The second kappa shape index (κ2) is 10.8. The number of halogens is 1. The van der Waals surface area contributed by atoms with Gasteiger partial charge in [0.25, 0.3) is 0 Å². The minimum absolute atomic E-state index is 0.0375. The maximum atomic E-state index is 13.0. The smallest absolute Gasteiger partial charge is 0.223 e. The zero-order valence-electron chi connectivity index (χ0n) is 18.2. The predicted octanol–water partition coefficient (Wildman–Crippen LogP) is 5.46. The van der Waals surface area contributed by atoms with E-state index in [9.17, 15) is 4.79 Å². The molecule has 0 bridgehead atoms. The summed E-state index contributed by atoms with van der Waals surface area (Å²) in [6, 6.07) is 16.1. The average molecular weight is 429 g/mol. The molecule has 0 unspecified atom stereocenters. The number of hydrogen-bond acceptors (Lipinski definition) is 3. The molecule has 2 aromatic carbocycles. The summed E-state index contributed by atoms with van der Waals surface area (Å²) in [6.07, 6.45) is 2.72. The van der Waals surface area contributed by atoms with Gasteiger partial charge in [0.05, 0.1) is 13.2 Å². The van der Waals surface area contributed by atoms with Gasteiger partial charge in [0.1, 0.15) is 5.75 Å². The summed E-state index contributed by atoms with van der Waals surface area (Å²) in [4.78, 5) is 15.4. The Labute approximate surface area is 185 Å². The van der Waals surface area contributed by atoms with E-state index in [2.05, 4.69) is 48.3 Å². The highest BCUT2D eigenvalue weighted by atomic mass is 35.5. The summed E-state index contributed by atoms with van der Waals surface area (Å²) in [6.45, 7) is 7.18. The molecule has 162 valence electrons. The summed E-state index contributed by atoms with van der Waals surface area (Å²) in [5.41, 5.74) is 2.40. The number of methoxy groups -OCH3 is 1. The van der Waals surface area contributed by atoms with Gasteiger partial charge in [-0.25, -0.2) is 0 Å². The molecule has 30 heavy (non-hydrogen) atoms. The van der Waals surface area contributed by atoms with Crippen molar-refractivity contribution in [3.05, 3.63) is 64.7 Å². The van der Waals surface area contributed by atoms with Crippen molar-refractivity contribution in [2.75, 3.05) is 20.2 Å². The van der Waals surface area contributed by atoms with Gasteiger partial charge < -0.3 is 10.1 Å². The third kappa shape index (κ3) is 6.48. The Bertz CT molecular complexity index is 797. The number of piperidine rings is 1. The summed E-state index contributed by atoms with van der Waals surface area (Å²) in [7, 11) is 1.67. The first kappa shape index (κ1) is 22.6. The minimum Gasteiger partial charge on any atom is -0.497 e. The van der Waals surface area contributed by atoms with Crippen LogP contribution in [0.1, 0.15) is 50.3 Å². The molecule has 0 radical (unpaired) electrons. The molecule has 0 saturated carbocycles. The van der Waals surface area contributed by atoms with Crippen molar-refractivity contribution in [3.63, 3.8) is 0 Å². The summed E-state index contributed by atoms with van der Waals surface area (Å²) in [5, 5.41) is 4.10. The van der Waals surface area contributed by atoms with Crippen LogP contribution >= 0.6 is 11.6 Å². The third-order valence-corrected chi connectivity index (χ3v) is 6.07. The van der Waals surface area contributed by atoms with E-state index >= 15 is 0 Å². The van der Waals surface area contributed by atoms with Crippen LogP contribution in [0.2, 0.25) is 5.02 Å². The third-order valence-electron chi connectivity index (χ3n) is 5.82. The second-order valence-corrected chi connectivity index (χ2v) is 9.08. The molecule has 2 aromatic rings. The van der Waals surface area contributed by atoms with E-state index in [1.807, 2.05) is 24.3 Å². The van der Waals surface area contributed by atoms with Gasteiger partial charge in [-0.1, -0.05) is 49.7 Å². The van der Waals surface area contributed by atoms with Crippen molar-refractivity contribution < 1.29 is 9.53 Å². The van der Waals surface area contributed by atoms with Gasteiger partial charge in [0.2, 0.25) is 5.91 Å². The number of ether oxygens (including phenoxy) is 1. The molecule has 1 fully saturated rings. The molecular weight excluding hydrogens is 396 g/mol. The Hall–Kier alpha value is -2.04. The largest absolute Gasteiger partial charge is 0.497 e. The van der Waals surface area contributed by atoms with Crippen LogP contribution in [0.5, 0.6) is 5.75 Å². The van der Waals surface area contributed by atoms with Crippen molar-refractivity contribution >= 4 is 17.5 Å². The van der Waals surface area contributed by atoms with E-state index in [4.69, 9.17) is 16.3 Å². The van der Waals surface area contributed by atoms with Gasteiger partial charge in [0, 0.05) is 17.5 Å². The molecule has 0 aliphatic carbocycles. The Morgan fingerprint density at radius 3 is 2.30 bits per heavy atom. The van der Waals surface area contributed by atoms with Gasteiger partial charge in [0.15, 0.2) is 0 Å². The zero-order chi connectivity index (χ0) is 21.5. The van der Waals surface area contributed by atoms with E-state index in [1.165, 1.54) is 5.56 Å². The number of carbonyl (C=O) groups excluding carboxylic acids is 1. The number of hydrogen-bond donors (Lipinski definition) is 1. The summed E-state index contributed by atoms with van der Waals surface area (Å²) < 4.78 is 5.27. The molecule has 1 atom stereocenters. The molecule has 4 nitrogen and oxygen atoms in total. The number of nitrogens with one attached hydrogen (secondary N) is 1. The fourth-order valence-corrected chi connectivity index (χ4v) is 4.20. The molecule has 5 heteroatoms. The lowest BCUT2D eigenvalue weighted by atomic mass is 9.92. The molecule has 0 aromatic heterocycles. The Balaban J connectivity index is 1.55. The molecule has 1 N–H and O–H groups in total. The van der Waals surface area contributed by atoms with Crippen LogP contribution in [-0.4, -0.2) is 31.0 Å². The van der Waals surface area contributed by atoms with Gasteiger partial charge in [-0.15, -0.1) is 0 Å². The number of nitrogens with zero attached hydrogens (tertiary/aromatic N) is 1. The Morgan fingerprint density at radius 2 is 1.73 bits per heavy atom. The number of benzene rings is 2. The van der Waals surface area contributed by atoms with Gasteiger partial charge in [-0.05, 0) is 73.7 Å². The maximum absolute atomic E-state index is 13.0. The van der Waals surface area contributed by atoms with Gasteiger partial charge in [-0.2, -0.15) is 0 Å². The number of rotatable bonds is 8. The zero-order valence-corrected chi connectivity index (χ0v) is 19.0. The maximum Gasteiger partial charge on any atom is 0.223 e. The molecule has 0 spiro atoms. The summed E-state index contributed by atoms with van der Waals surface area (Å²) >= 11 is 5.98. The van der Waals surface area contributed by atoms with Crippen molar-refractivity contribution in [2.45, 2.75) is 45.7 Å². The first-order valence-corrected chi connectivity index (χ1v) is 11.2. The molecule has 3 rings (SSSR count). The summed E-state index contributed by atoms with van der Waals surface area (Å²) in [5.74, 6) is 1.60. The van der Waals surface area contributed by atoms with Gasteiger partial charge in [-0.3, -0.25) is 9.69 Å². The van der Waals surface area contributed by atoms with Crippen LogP contribution in [-0.2, 0) is 11.3 Å². The van der Waals surface area contributed by atoms with E-state index in [0.29, 0.717) is 5.92 Å². The Kier molecular flexibility index (Phi) is 8.17. The average Bonchev–Trinajstić information content (AvgIpc) is 2.75. The Morgan fingerprint density at radius 1 is 1.10 bits per heavy atom. The number of amides is 1. The lowest BCUT2D eigenvalue weighted by Crippen LogP contribution is -2.41. The fraction of sp³-hybridized carbons (Fsp3) is 0.480. The van der Waals surface area contributed by atoms with Crippen LogP contribution in [0.3, 0.4) is 0 Å². The van der Waals surface area contributed by atoms with E-state index in [1.54, 1.807) is 7.11 Å². The monoisotopic (exact) mass is 428 g/mol. The predicted molar refractivity (Wildman–Crippen MR) is 123 cm³/mol. The molecule has 1 aliphatic heterocycles. The molecule has 1 aliphatic rings. The quantitative estimate of drug-likeness (QED) is 0.606. The first-order valence-electron chi connectivity index (χ1n) is 10.9. The van der Waals surface area contributed by atoms with Gasteiger partial charge >= 0.3 is 0 Å². The SMILES string of the molecule is COc1ccc([C@H](CC(C)C)NC(=O)C2CCN(Cc3ccc(Cl)cc3)CC2)cc1. The second-order valence-electron chi connectivity index (χ2n) is 8.64. The molecule has 1 amide bonds. The van der Waals surface area contributed by atoms with Crippen LogP contribution in [0, 0.1) is 11.8 Å². The highest BCUT2D eigenvalue weighted by Crippen LogP contribution is 2.26. The number of likely N-dealkylation sites (tertiary alicyclic amines) is 1. The molecular formula is C25H33ClN2O2. The van der Waals surface area contributed by atoms with E-state index in [-0.39, 0.29) is 17.9 Å². The normalized spacial score (nSPS) is 16.4. The van der Waals surface area contributed by atoms with Crippen molar-refractivity contribution in [3.8, 4) is 5.75 Å². The van der Waals surface area contributed by atoms with E-state index in [0.717, 1.165) is 55.2 Å². The highest BCUT2D eigenvalue weighted by molar-refractivity contribution is 6.30. The van der Waals surface area contributed by atoms with Crippen LogP contribution in [0.4, 0.5) is 0 Å². The first-order chi connectivity index (χ1) is 14.4. The topological polar surface area (TPSA) is 41.6 Å². The fourth-order valence-electron chi connectivity index (χ4n) is 4.08. The van der Waals surface area contributed by atoms with E-state index < -0.39 is 0 Å². The minimum atomic E-state index is 0.0375. The molecule has 1 saturated heterocycles. The van der Waals surface area contributed by atoms with Crippen LogP contribution in [0.25, 0.3) is 0 Å². The lowest BCUT2D eigenvalue weighted by molar-refractivity contribution is -0.127. The molecule has 1 heterocycles. The van der Waals surface area contributed by atoms with Crippen LogP contribution in [0.15, 0.2) is 48.5 Å². The van der Waals surface area contributed by atoms with Crippen molar-refractivity contribution in [2.24, 2.45) is 11.8 Å². The van der Waals surface area contributed by atoms with Crippen molar-refractivity contribution in [1.82, 2.24) is 10.2 Å². The number of carbonyl (C=O) groups is 1. The van der Waals surface area contributed by atoms with Crippen molar-refractivity contribution in [1.29, 1.82) is 0 Å².